The van der Waals surface area contributed by atoms with Gasteiger partial charge in [-0.15, -0.1) is 0 Å². The number of amides is 3. The van der Waals surface area contributed by atoms with Gasteiger partial charge in [0.1, 0.15) is 0 Å². The topological polar surface area (TPSA) is 52.7 Å². The van der Waals surface area contributed by atoms with Gasteiger partial charge in [0, 0.05) is 44.6 Å². The van der Waals surface area contributed by atoms with Crippen molar-refractivity contribution in [2.75, 3.05) is 26.2 Å². The summed E-state index contributed by atoms with van der Waals surface area (Å²) in [5.41, 5.74) is 2.45. The number of rotatable bonds is 4. The maximum Gasteiger partial charge on any atom is 0.317 e. The third kappa shape index (κ3) is 4.45. The van der Waals surface area contributed by atoms with Gasteiger partial charge in [0.15, 0.2) is 0 Å². The third-order valence-corrected chi connectivity index (χ3v) is 6.44. The van der Waals surface area contributed by atoms with Gasteiger partial charge in [-0.2, -0.15) is 0 Å². The number of likely N-dealkylation sites (tertiary alicyclic amines) is 2. The molecule has 1 N–H and O–H groups in total. The van der Waals surface area contributed by atoms with Crippen LogP contribution in [0.4, 0.5) is 4.79 Å². The minimum Gasteiger partial charge on any atom is -0.342 e. The normalized spacial score (nSPS) is 25.7. The molecule has 146 valence electrons. The largest absolute Gasteiger partial charge is 0.342 e. The van der Waals surface area contributed by atoms with Crippen molar-refractivity contribution in [2.45, 2.75) is 52.0 Å². The van der Waals surface area contributed by atoms with E-state index < -0.39 is 0 Å². The second-order valence-corrected chi connectivity index (χ2v) is 8.89. The second kappa shape index (κ2) is 7.53. The summed E-state index contributed by atoms with van der Waals surface area (Å²) in [6, 6.07) is 8.31. The molecule has 1 aromatic carbocycles. The maximum absolute atomic E-state index is 12.7. The van der Waals surface area contributed by atoms with Gasteiger partial charge >= 0.3 is 6.03 Å². The van der Waals surface area contributed by atoms with Crippen molar-refractivity contribution in [3.8, 4) is 0 Å². The molecule has 0 unspecified atom stereocenters. The van der Waals surface area contributed by atoms with Crippen LogP contribution < -0.4 is 5.32 Å². The monoisotopic (exact) mass is 369 g/mol. The number of aryl methyl sites for hydroxylation is 1. The molecule has 0 radical (unpaired) electrons. The van der Waals surface area contributed by atoms with E-state index in [1.807, 2.05) is 4.90 Å². The Morgan fingerprint density at radius 1 is 1.19 bits per heavy atom. The van der Waals surface area contributed by atoms with E-state index in [1.54, 1.807) is 0 Å². The Morgan fingerprint density at radius 2 is 1.96 bits per heavy atom. The van der Waals surface area contributed by atoms with E-state index in [0.717, 1.165) is 56.9 Å². The summed E-state index contributed by atoms with van der Waals surface area (Å²) in [6.07, 6.45) is 6.27. The lowest BCUT2D eigenvalue weighted by atomic mass is 9.73. The predicted molar refractivity (Wildman–Crippen MR) is 105 cm³/mol. The van der Waals surface area contributed by atoms with Crippen LogP contribution in [0, 0.1) is 18.3 Å². The maximum atomic E-state index is 12.7. The Bertz CT molecular complexity index is 698. The highest BCUT2D eigenvalue weighted by Gasteiger charge is 2.43. The molecule has 5 heteroatoms. The van der Waals surface area contributed by atoms with Crippen molar-refractivity contribution >= 4 is 11.9 Å². The molecule has 2 saturated heterocycles. The second-order valence-electron chi connectivity index (χ2n) is 8.89. The molecule has 2 aliphatic heterocycles. The van der Waals surface area contributed by atoms with Gasteiger partial charge in [-0.25, -0.2) is 4.79 Å². The van der Waals surface area contributed by atoms with Crippen molar-refractivity contribution in [1.29, 1.82) is 0 Å². The molecule has 1 aliphatic carbocycles. The summed E-state index contributed by atoms with van der Waals surface area (Å²) < 4.78 is 0. The highest BCUT2D eigenvalue weighted by atomic mass is 16.2. The number of hydrogen-bond acceptors (Lipinski definition) is 2. The molecule has 27 heavy (non-hydrogen) atoms. The van der Waals surface area contributed by atoms with E-state index in [0.29, 0.717) is 18.9 Å². The van der Waals surface area contributed by atoms with Crippen LogP contribution in [0.2, 0.25) is 0 Å². The molecule has 2 heterocycles. The summed E-state index contributed by atoms with van der Waals surface area (Å²) in [7, 11) is 0. The molecule has 3 aliphatic rings. The minimum absolute atomic E-state index is 0.0280. The summed E-state index contributed by atoms with van der Waals surface area (Å²) in [5.74, 6) is 1.04. The zero-order chi connectivity index (χ0) is 18.9. The Kier molecular flexibility index (Phi) is 5.11. The molecule has 1 spiro atoms. The van der Waals surface area contributed by atoms with Crippen LogP contribution in [0.3, 0.4) is 0 Å². The standard InChI is InChI=1S/C22H31N3O2/c1-17-3-5-18(6-4-17)13-23-21(27)24-12-2-10-22(15-24)11-9-20(26)25(16-22)14-19-7-8-19/h3-6,19H,2,7-16H2,1H3,(H,23,27)/t22-/m1/s1. The summed E-state index contributed by atoms with van der Waals surface area (Å²) in [4.78, 5) is 29.1. The fraction of sp³-hybridized carbons (Fsp3) is 0.636. The summed E-state index contributed by atoms with van der Waals surface area (Å²) in [6.45, 7) is 6.00. The van der Waals surface area contributed by atoms with Gasteiger partial charge in [-0.1, -0.05) is 29.8 Å². The average Bonchev–Trinajstić information content (AvgIpc) is 3.48. The van der Waals surface area contributed by atoms with Gasteiger partial charge in [-0.05, 0) is 50.5 Å². The van der Waals surface area contributed by atoms with Crippen LogP contribution in [-0.2, 0) is 11.3 Å². The summed E-state index contributed by atoms with van der Waals surface area (Å²) in [5, 5.41) is 3.08. The molecule has 0 aromatic heterocycles. The first-order valence-electron chi connectivity index (χ1n) is 10.4. The fourth-order valence-electron chi connectivity index (χ4n) is 4.59. The zero-order valence-corrected chi connectivity index (χ0v) is 16.4. The number of urea groups is 1. The van der Waals surface area contributed by atoms with E-state index in [4.69, 9.17) is 0 Å². The van der Waals surface area contributed by atoms with Gasteiger partial charge in [0.05, 0.1) is 0 Å². The third-order valence-electron chi connectivity index (χ3n) is 6.44. The quantitative estimate of drug-likeness (QED) is 0.885. The number of benzene rings is 1. The fourth-order valence-corrected chi connectivity index (χ4v) is 4.59. The Morgan fingerprint density at radius 3 is 2.70 bits per heavy atom. The van der Waals surface area contributed by atoms with E-state index in [2.05, 4.69) is 41.4 Å². The van der Waals surface area contributed by atoms with Gasteiger partial charge in [0.25, 0.3) is 0 Å². The van der Waals surface area contributed by atoms with Crippen LogP contribution in [0.5, 0.6) is 0 Å². The highest BCUT2D eigenvalue weighted by molar-refractivity contribution is 5.77. The molecule has 5 nitrogen and oxygen atoms in total. The van der Waals surface area contributed by atoms with Crippen LogP contribution >= 0.6 is 0 Å². The smallest absolute Gasteiger partial charge is 0.317 e. The Balaban J connectivity index is 1.34. The molecule has 3 amide bonds. The SMILES string of the molecule is Cc1ccc(CNC(=O)N2CCC[C@@]3(CCC(=O)N(CC4CC4)C3)C2)cc1. The number of carbonyl (C=O) groups is 2. The average molecular weight is 370 g/mol. The van der Waals surface area contributed by atoms with Gasteiger partial charge in [-0.3, -0.25) is 4.79 Å². The van der Waals surface area contributed by atoms with Crippen molar-refractivity contribution in [1.82, 2.24) is 15.1 Å². The minimum atomic E-state index is 0.0280. The lowest BCUT2D eigenvalue weighted by molar-refractivity contribution is -0.139. The number of carbonyl (C=O) groups excluding carboxylic acids is 2. The predicted octanol–water partition coefficient (Wildman–Crippen LogP) is 3.32. The Labute approximate surface area is 162 Å². The molecule has 1 aromatic rings. The molecular formula is C22H31N3O2. The van der Waals surface area contributed by atoms with E-state index in [1.165, 1.54) is 18.4 Å². The molecule has 1 atom stereocenters. The van der Waals surface area contributed by atoms with Crippen molar-refractivity contribution in [2.24, 2.45) is 11.3 Å². The van der Waals surface area contributed by atoms with Crippen molar-refractivity contribution in [3.63, 3.8) is 0 Å². The van der Waals surface area contributed by atoms with E-state index in [-0.39, 0.29) is 11.4 Å². The van der Waals surface area contributed by atoms with E-state index in [9.17, 15) is 9.59 Å². The van der Waals surface area contributed by atoms with Gasteiger partial charge in [0.2, 0.25) is 5.91 Å². The zero-order valence-electron chi connectivity index (χ0n) is 16.4. The lowest BCUT2D eigenvalue weighted by Gasteiger charge is -2.48. The summed E-state index contributed by atoms with van der Waals surface area (Å²) >= 11 is 0. The number of nitrogens with zero attached hydrogens (tertiary/aromatic N) is 2. The van der Waals surface area contributed by atoms with E-state index >= 15 is 0 Å². The lowest BCUT2D eigenvalue weighted by Crippen LogP contribution is -2.56. The Hall–Kier alpha value is -2.04. The molecule has 1 saturated carbocycles. The number of hydrogen-bond donors (Lipinski definition) is 1. The van der Waals surface area contributed by atoms with Gasteiger partial charge < -0.3 is 15.1 Å². The molecule has 0 bridgehead atoms. The van der Waals surface area contributed by atoms with Crippen LogP contribution in [-0.4, -0.2) is 47.9 Å². The molecule has 3 fully saturated rings. The number of piperidine rings is 2. The first-order valence-corrected chi connectivity index (χ1v) is 10.4. The first kappa shape index (κ1) is 18.3. The highest BCUT2D eigenvalue weighted by Crippen LogP contribution is 2.40. The van der Waals surface area contributed by atoms with Crippen LogP contribution in [0.25, 0.3) is 0 Å². The first-order chi connectivity index (χ1) is 13.0. The molecule has 4 rings (SSSR count). The van der Waals surface area contributed by atoms with Crippen molar-refractivity contribution in [3.05, 3.63) is 35.4 Å². The van der Waals surface area contributed by atoms with Crippen molar-refractivity contribution < 1.29 is 9.59 Å². The van der Waals surface area contributed by atoms with Crippen LogP contribution in [0.15, 0.2) is 24.3 Å². The van der Waals surface area contributed by atoms with Crippen LogP contribution in [0.1, 0.15) is 49.7 Å². The molecular weight excluding hydrogens is 338 g/mol. The number of nitrogens with one attached hydrogen (secondary N) is 1.